The fourth-order valence-electron chi connectivity index (χ4n) is 0.329. The second kappa shape index (κ2) is 2.21. The number of aliphatic imine (C=N–C) groups is 1. The van der Waals surface area contributed by atoms with Gasteiger partial charge in [-0.1, -0.05) is 11.8 Å². The van der Waals surface area contributed by atoms with Crippen LogP contribution in [0.25, 0.3) is 0 Å². The van der Waals surface area contributed by atoms with Crippen LogP contribution in [0.1, 0.15) is 0 Å². The molecular weight excluding hydrogens is 110 g/mol. The number of hydrogen-bond donors (Lipinski definition) is 0. The van der Waals surface area contributed by atoms with Gasteiger partial charge in [-0.05, 0) is 0 Å². The Morgan fingerprint density at radius 1 is 2.00 bits per heavy atom. The summed E-state index contributed by atoms with van der Waals surface area (Å²) >= 11 is 1.42. The van der Waals surface area contributed by atoms with Crippen LogP contribution in [0.15, 0.2) is 4.99 Å². The number of ether oxygens (including phenoxy) is 1. The van der Waals surface area contributed by atoms with Gasteiger partial charge in [0.1, 0.15) is 0 Å². The Hall–Kier alpha value is -0.180. The molecule has 0 aliphatic carbocycles. The maximum absolute atomic E-state index is 4.76. The predicted octanol–water partition coefficient (Wildman–Crippen LogP) is 0.774. The number of nitrogens with zero attached hydrogens (tertiary/aromatic N) is 1. The van der Waals surface area contributed by atoms with E-state index in [4.69, 9.17) is 4.74 Å². The first-order valence-electron chi connectivity index (χ1n) is 1.91. The van der Waals surface area contributed by atoms with Gasteiger partial charge in [0, 0.05) is 0 Å². The van der Waals surface area contributed by atoms with Crippen LogP contribution in [0, 0.1) is 5.75 Å². The van der Waals surface area contributed by atoms with Crippen molar-refractivity contribution in [3.05, 3.63) is 5.75 Å². The lowest BCUT2D eigenvalue weighted by atomic mass is 10.8. The molecule has 2 radical (unpaired) electrons. The van der Waals surface area contributed by atoms with Crippen molar-refractivity contribution < 1.29 is 4.74 Å². The average Bonchev–Trinajstić information content (AvgIpc) is 2.14. The topological polar surface area (TPSA) is 21.6 Å². The van der Waals surface area contributed by atoms with Gasteiger partial charge in [0.2, 0.25) is 5.23 Å². The van der Waals surface area contributed by atoms with Crippen LogP contribution in [-0.2, 0) is 4.74 Å². The summed E-state index contributed by atoms with van der Waals surface area (Å²) in [4.78, 5) is 3.90. The maximum atomic E-state index is 4.76. The van der Waals surface area contributed by atoms with Crippen LogP contribution < -0.4 is 0 Å². The van der Waals surface area contributed by atoms with Gasteiger partial charge in [0.25, 0.3) is 0 Å². The molecule has 1 aliphatic heterocycles. The highest BCUT2D eigenvalue weighted by atomic mass is 32.2. The Kier molecular flexibility index (Phi) is 1.57. The van der Waals surface area contributed by atoms with Crippen LogP contribution in [-0.4, -0.2) is 18.9 Å². The van der Waals surface area contributed by atoms with E-state index in [1.807, 2.05) is 0 Å². The van der Waals surface area contributed by atoms with E-state index in [9.17, 15) is 0 Å². The fraction of sp³-hybridized carbons (Fsp3) is 0.500. The molecule has 1 aliphatic rings. The lowest BCUT2D eigenvalue weighted by Crippen LogP contribution is -1.87. The molecule has 0 aromatic heterocycles. The predicted molar refractivity (Wildman–Crippen MR) is 30.1 cm³/mol. The summed E-state index contributed by atoms with van der Waals surface area (Å²) in [5.74, 6) is 2.91. The van der Waals surface area contributed by atoms with E-state index < -0.39 is 0 Å². The van der Waals surface area contributed by atoms with E-state index in [-0.39, 0.29) is 0 Å². The molecule has 3 heteroatoms. The van der Waals surface area contributed by atoms with E-state index in [1.54, 1.807) is 7.11 Å². The highest BCUT2D eigenvalue weighted by Gasteiger charge is 2.05. The largest absolute Gasteiger partial charge is 0.476 e. The molecule has 0 atom stereocenters. The Labute approximate surface area is 47.0 Å². The average molecular weight is 115 g/mol. The van der Waals surface area contributed by atoms with Crippen molar-refractivity contribution in [3.8, 4) is 0 Å². The second-order valence-electron chi connectivity index (χ2n) is 1.03. The molecule has 1 rings (SSSR count). The molecule has 0 aromatic rings. The normalized spacial score (nSPS) is 19.3. The van der Waals surface area contributed by atoms with Crippen LogP contribution in [0.2, 0.25) is 0 Å². The van der Waals surface area contributed by atoms with Crippen molar-refractivity contribution in [3.63, 3.8) is 0 Å². The SMILES string of the molecule is COC1=NC[C]S1. The first-order chi connectivity index (χ1) is 3.43. The maximum Gasteiger partial charge on any atom is 0.246 e. The molecule has 0 unspecified atom stereocenters. The minimum atomic E-state index is 0.674. The van der Waals surface area contributed by atoms with Crippen molar-refractivity contribution in [1.29, 1.82) is 0 Å². The van der Waals surface area contributed by atoms with Gasteiger partial charge >= 0.3 is 0 Å². The van der Waals surface area contributed by atoms with Gasteiger partial charge in [-0.15, -0.1) is 0 Å². The van der Waals surface area contributed by atoms with Crippen molar-refractivity contribution in [2.45, 2.75) is 0 Å². The second-order valence-corrected chi connectivity index (χ2v) is 1.87. The summed E-state index contributed by atoms with van der Waals surface area (Å²) in [6.07, 6.45) is 0. The molecule has 2 nitrogen and oxygen atoms in total. The molecule has 0 amide bonds. The summed E-state index contributed by atoms with van der Waals surface area (Å²) in [5, 5.41) is 0.722. The summed E-state index contributed by atoms with van der Waals surface area (Å²) in [6, 6.07) is 0. The minimum Gasteiger partial charge on any atom is -0.476 e. The third-order valence-electron chi connectivity index (χ3n) is 0.607. The van der Waals surface area contributed by atoms with Gasteiger partial charge in [0.05, 0.1) is 19.4 Å². The summed E-state index contributed by atoms with van der Waals surface area (Å²) < 4.78 is 4.76. The summed E-state index contributed by atoms with van der Waals surface area (Å²) in [7, 11) is 1.61. The highest BCUT2D eigenvalue weighted by molar-refractivity contribution is 8.15. The lowest BCUT2D eigenvalue weighted by Gasteiger charge is -1.90. The number of thioether (sulfide) groups is 1. The Bertz CT molecular complexity index is 91.7. The molecule has 0 bridgehead atoms. The zero-order valence-corrected chi connectivity index (χ0v) is 4.79. The van der Waals surface area contributed by atoms with Gasteiger partial charge in [-0.3, -0.25) is 0 Å². The van der Waals surface area contributed by atoms with Crippen LogP contribution in [0.5, 0.6) is 0 Å². The Balaban J connectivity index is 2.36. The monoisotopic (exact) mass is 115 g/mol. The Morgan fingerprint density at radius 3 is 3.14 bits per heavy atom. The molecular formula is C4H5NOS. The zero-order chi connectivity index (χ0) is 5.11. The van der Waals surface area contributed by atoms with Gasteiger partial charge < -0.3 is 4.74 Å². The van der Waals surface area contributed by atoms with E-state index in [2.05, 4.69) is 10.7 Å². The molecule has 0 saturated heterocycles. The molecule has 0 spiro atoms. The number of methoxy groups -OCH3 is 1. The van der Waals surface area contributed by atoms with Gasteiger partial charge in [-0.25, -0.2) is 4.99 Å². The smallest absolute Gasteiger partial charge is 0.246 e. The molecule has 7 heavy (non-hydrogen) atoms. The quantitative estimate of drug-likeness (QED) is 0.465. The fourth-order valence-corrected chi connectivity index (χ4v) is 0.794. The molecule has 0 N–H and O–H groups in total. The molecule has 0 aromatic carbocycles. The van der Waals surface area contributed by atoms with Crippen molar-refractivity contribution in [1.82, 2.24) is 0 Å². The van der Waals surface area contributed by atoms with Crippen molar-refractivity contribution in [2.24, 2.45) is 4.99 Å². The first kappa shape index (κ1) is 4.97. The van der Waals surface area contributed by atoms with Gasteiger partial charge in [-0.2, -0.15) is 0 Å². The van der Waals surface area contributed by atoms with Crippen LogP contribution in [0.3, 0.4) is 0 Å². The summed E-state index contributed by atoms with van der Waals surface area (Å²) in [5.41, 5.74) is 0. The third kappa shape index (κ3) is 1.09. The van der Waals surface area contributed by atoms with Crippen molar-refractivity contribution in [2.75, 3.05) is 13.7 Å². The van der Waals surface area contributed by atoms with Gasteiger partial charge in [0.15, 0.2) is 0 Å². The van der Waals surface area contributed by atoms with Crippen LogP contribution >= 0.6 is 11.8 Å². The van der Waals surface area contributed by atoms with Crippen LogP contribution in [0.4, 0.5) is 0 Å². The molecule has 1 heterocycles. The lowest BCUT2D eigenvalue weighted by molar-refractivity contribution is 0.416. The van der Waals surface area contributed by atoms with E-state index in [0.717, 1.165) is 5.23 Å². The standard InChI is InChI=1S/C4H5NOS/c1-6-4-5-2-3-7-4/h2H2,1H3. The number of rotatable bonds is 0. The molecule has 0 fully saturated rings. The Morgan fingerprint density at radius 2 is 2.86 bits per heavy atom. The first-order valence-corrected chi connectivity index (χ1v) is 2.73. The molecule has 38 valence electrons. The van der Waals surface area contributed by atoms with E-state index in [0.29, 0.717) is 6.54 Å². The summed E-state index contributed by atoms with van der Waals surface area (Å²) in [6.45, 7) is 0.674. The molecule has 0 saturated carbocycles. The highest BCUT2D eigenvalue weighted by Crippen LogP contribution is 2.15. The van der Waals surface area contributed by atoms with E-state index >= 15 is 0 Å². The van der Waals surface area contributed by atoms with E-state index in [1.165, 1.54) is 11.8 Å². The third-order valence-corrected chi connectivity index (χ3v) is 1.35. The number of hydrogen-bond acceptors (Lipinski definition) is 3. The zero-order valence-electron chi connectivity index (χ0n) is 3.97. The minimum absolute atomic E-state index is 0.674. The van der Waals surface area contributed by atoms with Crippen molar-refractivity contribution >= 4 is 17.0 Å².